The first kappa shape index (κ1) is 12.8. The normalized spacial score (nSPS) is 12.5. The number of carboxylic acids is 1. The van der Waals surface area contributed by atoms with Crippen molar-refractivity contribution in [3.05, 3.63) is 36.5 Å². The molecular formula is C12H14N2O3S. The zero-order chi connectivity index (χ0) is 13.0. The van der Waals surface area contributed by atoms with Gasteiger partial charge >= 0.3 is 5.97 Å². The zero-order valence-corrected chi connectivity index (χ0v) is 10.8. The van der Waals surface area contributed by atoms with Crippen molar-refractivity contribution in [2.45, 2.75) is 24.5 Å². The van der Waals surface area contributed by atoms with Crippen molar-refractivity contribution in [3.63, 3.8) is 0 Å². The second-order valence-corrected chi connectivity index (χ2v) is 4.87. The molecule has 96 valence electrons. The summed E-state index contributed by atoms with van der Waals surface area (Å²) in [4.78, 5) is 14.7. The summed E-state index contributed by atoms with van der Waals surface area (Å²) >= 11 is 1.22. The first-order chi connectivity index (χ1) is 8.66. The molecule has 0 radical (unpaired) electrons. The third-order valence-electron chi connectivity index (χ3n) is 2.51. The lowest BCUT2D eigenvalue weighted by atomic mass is 10.2. The summed E-state index contributed by atoms with van der Waals surface area (Å²) in [6.07, 6.45) is 5.95. The lowest BCUT2D eigenvalue weighted by Gasteiger charge is -2.14. The lowest BCUT2D eigenvalue weighted by Crippen LogP contribution is -2.09. The van der Waals surface area contributed by atoms with Gasteiger partial charge in [0.25, 0.3) is 0 Å². The van der Waals surface area contributed by atoms with E-state index in [-0.39, 0.29) is 11.8 Å². The van der Waals surface area contributed by atoms with Gasteiger partial charge in [0.2, 0.25) is 0 Å². The quantitative estimate of drug-likeness (QED) is 0.813. The number of hydrogen-bond donors (Lipinski definition) is 1. The number of carboxylic acid groups (broad SMARTS) is 1. The van der Waals surface area contributed by atoms with Crippen LogP contribution in [0.5, 0.6) is 0 Å². The Kier molecular flexibility index (Phi) is 4.09. The van der Waals surface area contributed by atoms with Crippen LogP contribution in [0.25, 0.3) is 0 Å². The van der Waals surface area contributed by atoms with E-state index < -0.39 is 5.97 Å². The fourth-order valence-corrected chi connectivity index (χ4v) is 2.47. The van der Waals surface area contributed by atoms with Gasteiger partial charge in [0.05, 0.1) is 12.0 Å². The molecular weight excluding hydrogens is 252 g/mol. The Bertz CT molecular complexity index is 507. The molecule has 0 aliphatic heterocycles. The molecule has 0 bridgehead atoms. The standard InChI is InChI=1S/C12H14N2O3S/c1-9(7-10-3-2-6-17-10)14-5-4-13-12(14)18-8-11(15)16/h2-6,9H,7-8H2,1H3,(H,15,16). The average molecular weight is 266 g/mol. The minimum atomic E-state index is -0.840. The molecule has 2 aromatic rings. The molecule has 18 heavy (non-hydrogen) atoms. The Morgan fingerprint density at radius 1 is 1.67 bits per heavy atom. The number of thioether (sulfide) groups is 1. The van der Waals surface area contributed by atoms with E-state index in [4.69, 9.17) is 9.52 Å². The average Bonchev–Trinajstić information content (AvgIpc) is 2.96. The van der Waals surface area contributed by atoms with Crippen molar-refractivity contribution in [3.8, 4) is 0 Å². The fraction of sp³-hybridized carbons (Fsp3) is 0.333. The molecule has 1 atom stereocenters. The molecule has 5 nitrogen and oxygen atoms in total. The maximum Gasteiger partial charge on any atom is 0.313 e. The van der Waals surface area contributed by atoms with E-state index in [2.05, 4.69) is 11.9 Å². The van der Waals surface area contributed by atoms with Gasteiger partial charge < -0.3 is 14.1 Å². The second kappa shape index (κ2) is 5.77. The third-order valence-corrected chi connectivity index (χ3v) is 3.48. The Morgan fingerprint density at radius 3 is 3.17 bits per heavy atom. The number of carbonyl (C=O) groups is 1. The summed E-state index contributed by atoms with van der Waals surface area (Å²) in [7, 11) is 0. The van der Waals surface area contributed by atoms with Crippen LogP contribution in [0.3, 0.4) is 0 Å². The molecule has 0 amide bonds. The Hall–Kier alpha value is -1.69. The number of rotatable bonds is 6. The largest absolute Gasteiger partial charge is 0.481 e. The van der Waals surface area contributed by atoms with Crippen molar-refractivity contribution in [1.29, 1.82) is 0 Å². The van der Waals surface area contributed by atoms with Gasteiger partial charge in [-0.15, -0.1) is 0 Å². The second-order valence-electron chi connectivity index (χ2n) is 3.93. The summed E-state index contributed by atoms with van der Waals surface area (Å²) in [6, 6.07) is 3.96. The van der Waals surface area contributed by atoms with Crippen molar-refractivity contribution >= 4 is 17.7 Å². The summed E-state index contributed by atoms with van der Waals surface area (Å²) in [5.74, 6) is 0.0865. The summed E-state index contributed by atoms with van der Waals surface area (Å²) in [5.41, 5.74) is 0. The van der Waals surface area contributed by atoms with Crippen LogP contribution >= 0.6 is 11.8 Å². The number of nitrogens with zero attached hydrogens (tertiary/aromatic N) is 2. The van der Waals surface area contributed by atoms with Gasteiger partial charge in [-0.2, -0.15) is 0 Å². The van der Waals surface area contributed by atoms with Crippen molar-refractivity contribution < 1.29 is 14.3 Å². The Labute approximate surface area is 109 Å². The number of imidazole rings is 1. The van der Waals surface area contributed by atoms with Gasteiger partial charge in [-0.3, -0.25) is 4.79 Å². The van der Waals surface area contributed by atoms with Crippen LogP contribution in [0.4, 0.5) is 0 Å². The number of hydrogen-bond acceptors (Lipinski definition) is 4. The Morgan fingerprint density at radius 2 is 2.50 bits per heavy atom. The predicted octanol–water partition coefficient (Wildman–Crippen LogP) is 2.46. The minimum absolute atomic E-state index is 0.0183. The summed E-state index contributed by atoms with van der Waals surface area (Å²) in [6.45, 7) is 2.05. The first-order valence-corrected chi connectivity index (χ1v) is 6.55. The molecule has 1 unspecified atom stereocenters. The molecule has 0 saturated carbocycles. The number of aromatic nitrogens is 2. The number of aliphatic carboxylic acids is 1. The summed E-state index contributed by atoms with van der Waals surface area (Å²) in [5, 5.41) is 9.40. The molecule has 0 aliphatic rings. The number of furan rings is 1. The fourth-order valence-electron chi connectivity index (χ4n) is 1.69. The zero-order valence-electron chi connectivity index (χ0n) is 9.94. The van der Waals surface area contributed by atoms with Crippen molar-refractivity contribution in [2.24, 2.45) is 0 Å². The van der Waals surface area contributed by atoms with Crippen LogP contribution < -0.4 is 0 Å². The monoisotopic (exact) mass is 266 g/mol. The third kappa shape index (κ3) is 3.16. The SMILES string of the molecule is CC(Cc1ccco1)n1ccnc1SCC(=O)O. The highest BCUT2D eigenvalue weighted by atomic mass is 32.2. The Balaban J connectivity index is 2.03. The molecule has 0 saturated heterocycles. The van der Waals surface area contributed by atoms with E-state index >= 15 is 0 Å². The van der Waals surface area contributed by atoms with Gasteiger partial charge in [0.1, 0.15) is 5.76 Å². The topological polar surface area (TPSA) is 68.3 Å². The van der Waals surface area contributed by atoms with E-state index in [9.17, 15) is 4.79 Å². The van der Waals surface area contributed by atoms with Crippen LogP contribution in [0.15, 0.2) is 40.4 Å². The van der Waals surface area contributed by atoms with Gasteiger partial charge in [0.15, 0.2) is 5.16 Å². The highest BCUT2D eigenvalue weighted by Crippen LogP contribution is 2.22. The smallest absolute Gasteiger partial charge is 0.313 e. The molecule has 2 aromatic heterocycles. The molecule has 0 aliphatic carbocycles. The van der Waals surface area contributed by atoms with Gasteiger partial charge in [-0.1, -0.05) is 11.8 Å². The van der Waals surface area contributed by atoms with E-state index in [1.165, 1.54) is 11.8 Å². The van der Waals surface area contributed by atoms with E-state index in [1.54, 1.807) is 12.5 Å². The van der Waals surface area contributed by atoms with Crippen molar-refractivity contribution in [1.82, 2.24) is 9.55 Å². The van der Waals surface area contributed by atoms with Crippen LogP contribution in [-0.4, -0.2) is 26.4 Å². The van der Waals surface area contributed by atoms with Crippen LogP contribution in [-0.2, 0) is 11.2 Å². The molecule has 0 spiro atoms. The first-order valence-electron chi connectivity index (χ1n) is 5.56. The van der Waals surface area contributed by atoms with Crippen molar-refractivity contribution in [2.75, 3.05) is 5.75 Å². The molecule has 2 rings (SSSR count). The predicted molar refractivity (Wildman–Crippen MR) is 67.7 cm³/mol. The summed E-state index contributed by atoms with van der Waals surface area (Å²) < 4.78 is 7.27. The van der Waals surface area contributed by atoms with Crippen LogP contribution in [0, 0.1) is 0 Å². The molecule has 0 fully saturated rings. The highest BCUT2D eigenvalue weighted by Gasteiger charge is 2.13. The maximum atomic E-state index is 10.6. The molecule has 2 heterocycles. The van der Waals surface area contributed by atoms with Crippen LogP contribution in [0.1, 0.15) is 18.7 Å². The van der Waals surface area contributed by atoms with E-state index in [0.717, 1.165) is 17.3 Å². The van der Waals surface area contributed by atoms with E-state index in [0.29, 0.717) is 0 Å². The maximum absolute atomic E-state index is 10.6. The minimum Gasteiger partial charge on any atom is -0.481 e. The van der Waals surface area contributed by atoms with Crippen LogP contribution in [0.2, 0.25) is 0 Å². The molecule has 1 N–H and O–H groups in total. The lowest BCUT2D eigenvalue weighted by molar-refractivity contribution is -0.133. The van der Waals surface area contributed by atoms with E-state index in [1.807, 2.05) is 22.9 Å². The van der Waals surface area contributed by atoms with Gasteiger partial charge in [-0.25, -0.2) is 4.98 Å². The molecule has 0 aromatic carbocycles. The van der Waals surface area contributed by atoms with Gasteiger partial charge in [0, 0.05) is 24.9 Å². The highest BCUT2D eigenvalue weighted by molar-refractivity contribution is 7.99. The molecule has 6 heteroatoms. The van der Waals surface area contributed by atoms with Gasteiger partial charge in [-0.05, 0) is 19.1 Å².